The van der Waals surface area contributed by atoms with Gasteiger partial charge in [0.2, 0.25) is 0 Å². The van der Waals surface area contributed by atoms with Crippen LogP contribution in [-0.2, 0) is 16.7 Å². The van der Waals surface area contributed by atoms with Crippen LogP contribution in [0.5, 0.6) is 0 Å². The van der Waals surface area contributed by atoms with Crippen molar-refractivity contribution in [3.8, 4) is 0 Å². The number of rotatable bonds is 7. The van der Waals surface area contributed by atoms with Crippen LogP contribution in [-0.4, -0.2) is 23.3 Å². The summed E-state index contributed by atoms with van der Waals surface area (Å²) in [5, 5.41) is 2.55. The molecule has 0 saturated carbocycles. The molecule has 0 aliphatic heterocycles. The molecule has 0 radical (unpaired) electrons. The van der Waals surface area contributed by atoms with Gasteiger partial charge in [-0.3, -0.25) is 4.55 Å². The van der Waals surface area contributed by atoms with E-state index in [1.165, 1.54) is 21.8 Å². The maximum absolute atomic E-state index is 10.7. The zero-order valence-electron chi connectivity index (χ0n) is 13.0. The van der Waals surface area contributed by atoms with E-state index in [0.717, 1.165) is 25.8 Å². The van der Waals surface area contributed by atoms with Crippen LogP contribution in [0.4, 0.5) is 0 Å². The summed E-state index contributed by atoms with van der Waals surface area (Å²) in [6.07, 6.45) is 3.29. The summed E-state index contributed by atoms with van der Waals surface area (Å²) in [5.74, 6) is -0.137. The van der Waals surface area contributed by atoms with Crippen molar-refractivity contribution in [3.63, 3.8) is 0 Å². The second-order valence-corrected chi connectivity index (χ2v) is 7.46. The largest absolute Gasteiger partial charge is 0.340 e. The summed E-state index contributed by atoms with van der Waals surface area (Å²) in [4.78, 5) is 0. The third-order valence-electron chi connectivity index (χ3n) is 4.21. The number of fused-ring (bicyclic) bond motifs is 3. The highest BCUT2D eigenvalue weighted by Gasteiger charge is 2.09. The molecule has 1 heterocycles. The van der Waals surface area contributed by atoms with Gasteiger partial charge in [-0.2, -0.15) is 8.42 Å². The average Bonchev–Trinajstić information content (AvgIpc) is 2.84. The van der Waals surface area contributed by atoms with Gasteiger partial charge in [0.1, 0.15) is 0 Å². The van der Waals surface area contributed by atoms with E-state index in [0.29, 0.717) is 6.42 Å². The smallest absolute Gasteiger partial charge is 0.264 e. The monoisotopic (exact) mass is 331 g/mol. The topological polar surface area (TPSA) is 59.3 Å². The van der Waals surface area contributed by atoms with Gasteiger partial charge in [0.15, 0.2) is 0 Å². The second kappa shape index (κ2) is 6.72. The SMILES string of the molecule is O=S(=O)(O)CCCCCCn1c2ccccc2c2ccccc21. The van der Waals surface area contributed by atoms with Gasteiger partial charge in [-0.15, -0.1) is 0 Å². The molecule has 1 aromatic heterocycles. The highest BCUT2D eigenvalue weighted by Crippen LogP contribution is 2.29. The minimum absolute atomic E-state index is 0.137. The van der Waals surface area contributed by atoms with E-state index in [4.69, 9.17) is 4.55 Å². The molecular formula is C18H21NO3S. The van der Waals surface area contributed by atoms with Gasteiger partial charge in [-0.05, 0) is 25.0 Å². The van der Waals surface area contributed by atoms with Crippen LogP contribution in [0.2, 0.25) is 0 Å². The van der Waals surface area contributed by atoms with Crippen molar-refractivity contribution < 1.29 is 13.0 Å². The van der Waals surface area contributed by atoms with E-state index < -0.39 is 10.1 Å². The fourth-order valence-electron chi connectivity index (χ4n) is 3.15. The van der Waals surface area contributed by atoms with E-state index in [1.54, 1.807) is 0 Å². The Hall–Kier alpha value is -1.85. The predicted molar refractivity (Wildman–Crippen MR) is 94.3 cm³/mol. The Morgan fingerprint density at radius 3 is 1.87 bits per heavy atom. The third-order valence-corrected chi connectivity index (χ3v) is 5.02. The maximum Gasteiger partial charge on any atom is 0.264 e. The first kappa shape index (κ1) is 16.0. The van der Waals surface area contributed by atoms with E-state index >= 15 is 0 Å². The summed E-state index contributed by atoms with van der Waals surface area (Å²) in [6, 6.07) is 16.8. The summed E-state index contributed by atoms with van der Waals surface area (Å²) in [7, 11) is -3.82. The van der Waals surface area contributed by atoms with Crippen LogP contribution in [0.1, 0.15) is 25.7 Å². The number of benzene rings is 2. The van der Waals surface area contributed by atoms with Gasteiger partial charge in [0, 0.05) is 28.4 Å². The van der Waals surface area contributed by atoms with Crippen LogP contribution < -0.4 is 0 Å². The predicted octanol–water partition coefficient (Wildman–Crippen LogP) is 4.24. The van der Waals surface area contributed by atoms with Crippen LogP contribution in [0.3, 0.4) is 0 Å². The fourth-order valence-corrected chi connectivity index (χ4v) is 3.72. The van der Waals surface area contributed by atoms with Crippen molar-refractivity contribution in [2.75, 3.05) is 5.75 Å². The van der Waals surface area contributed by atoms with Crippen LogP contribution >= 0.6 is 0 Å². The molecule has 0 fully saturated rings. The zero-order valence-corrected chi connectivity index (χ0v) is 13.8. The standard InChI is InChI=1S/C18H21NO3S/c20-23(21,22)14-8-2-1-7-13-19-17-11-5-3-9-15(17)16-10-4-6-12-18(16)19/h3-6,9-12H,1-2,7-8,13-14H2,(H,20,21,22). The molecule has 2 aromatic carbocycles. The Labute approximate surface area is 136 Å². The molecule has 5 heteroatoms. The van der Waals surface area contributed by atoms with Crippen LogP contribution in [0, 0.1) is 0 Å². The minimum atomic E-state index is -3.82. The molecular weight excluding hydrogens is 310 g/mol. The Morgan fingerprint density at radius 2 is 1.30 bits per heavy atom. The van der Waals surface area contributed by atoms with Crippen LogP contribution in [0.15, 0.2) is 48.5 Å². The molecule has 0 aliphatic rings. The van der Waals surface area contributed by atoms with E-state index in [-0.39, 0.29) is 5.75 Å². The number of hydrogen-bond donors (Lipinski definition) is 1. The van der Waals surface area contributed by atoms with Crippen molar-refractivity contribution >= 4 is 31.9 Å². The number of hydrogen-bond acceptors (Lipinski definition) is 2. The third kappa shape index (κ3) is 3.74. The molecule has 122 valence electrons. The Morgan fingerprint density at radius 1 is 0.783 bits per heavy atom. The Balaban J connectivity index is 1.70. The summed E-state index contributed by atoms with van der Waals surface area (Å²) >= 11 is 0. The number of nitrogens with zero attached hydrogens (tertiary/aromatic N) is 1. The van der Waals surface area contributed by atoms with Crippen LogP contribution in [0.25, 0.3) is 21.8 Å². The van der Waals surface area contributed by atoms with E-state index in [9.17, 15) is 8.42 Å². The van der Waals surface area contributed by atoms with Gasteiger partial charge in [-0.1, -0.05) is 49.2 Å². The molecule has 0 aliphatic carbocycles. The lowest BCUT2D eigenvalue weighted by atomic mass is 10.2. The first-order valence-electron chi connectivity index (χ1n) is 7.97. The molecule has 23 heavy (non-hydrogen) atoms. The molecule has 3 rings (SSSR count). The molecule has 0 unspecified atom stereocenters. The highest BCUT2D eigenvalue weighted by atomic mass is 32.2. The second-order valence-electron chi connectivity index (χ2n) is 5.89. The number of para-hydroxylation sites is 2. The Kier molecular flexibility index (Phi) is 4.68. The lowest BCUT2D eigenvalue weighted by Gasteiger charge is -2.07. The molecule has 4 nitrogen and oxygen atoms in total. The van der Waals surface area contributed by atoms with Crippen molar-refractivity contribution in [1.29, 1.82) is 0 Å². The highest BCUT2D eigenvalue weighted by molar-refractivity contribution is 7.85. The van der Waals surface area contributed by atoms with Crippen molar-refractivity contribution in [3.05, 3.63) is 48.5 Å². The molecule has 0 atom stereocenters. The minimum Gasteiger partial charge on any atom is -0.340 e. The lowest BCUT2D eigenvalue weighted by Crippen LogP contribution is -2.03. The van der Waals surface area contributed by atoms with Crippen molar-refractivity contribution in [2.24, 2.45) is 0 Å². The van der Waals surface area contributed by atoms with Crippen molar-refractivity contribution in [2.45, 2.75) is 32.2 Å². The first-order valence-corrected chi connectivity index (χ1v) is 9.58. The Bertz CT molecular complexity index is 859. The number of aromatic nitrogens is 1. The molecule has 3 aromatic rings. The zero-order chi connectivity index (χ0) is 16.3. The quantitative estimate of drug-likeness (QED) is 0.520. The van der Waals surface area contributed by atoms with Gasteiger partial charge >= 0.3 is 0 Å². The molecule has 0 saturated heterocycles. The normalized spacial score (nSPS) is 12.2. The van der Waals surface area contributed by atoms with Gasteiger partial charge in [0.25, 0.3) is 10.1 Å². The lowest BCUT2D eigenvalue weighted by molar-refractivity contribution is 0.478. The fraction of sp³-hybridized carbons (Fsp3) is 0.333. The van der Waals surface area contributed by atoms with Gasteiger partial charge in [0.05, 0.1) is 5.75 Å². The van der Waals surface area contributed by atoms with Crippen molar-refractivity contribution in [1.82, 2.24) is 4.57 Å². The van der Waals surface area contributed by atoms with E-state index in [2.05, 4.69) is 53.1 Å². The average molecular weight is 331 g/mol. The van der Waals surface area contributed by atoms with Gasteiger partial charge < -0.3 is 4.57 Å². The molecule has 0 amide bonds. The first-order chi connectivity index (χ1) is 11.1. The molecule has 0 bridgehead atoms. The molecule has 0 spiro atoms. The number of aryl methyl sites for hydroxylation is 1. The summed E-state index contributed by atoms with van der Waals surface area (Å²) in [6.45, 7) is 0.917. The summed E-state index contributed by atoms with van der Waals surface area (Å²) < 4.78 is 32.5. The summed E-state index contributed by atoms with van der Waals surface area (Å²) in [5.41, 5.74) is 2.48. The van der Waals surface area contributed by atoms with Gasteiger partial charge in [-0.25, -0.2) is 0 Å². The maximum atomic E-state index is 10.7. The molecule has 1 N–H and O–H groups in total. The van der Waals surface area contributed by atoms with E-state index in [1.807, 2.05) is 0 Å². The number of unbranched alkanes of at least 4 members (excludes halogenated alkanes) is 3.